The van der Waals surface area contributed by atoms with Crippen molar-refractivity contribution in [3.8, 4) is 11.1 Å². The Hall–Kier alpha value is -2.35. The van der Waals surface area contributed by atoms with E-state index in [1.54, 1.807) is 0 Å². The van der Waals surface area contributed by atoms with Crippen LogP contribution in [0.25, 0.3) is 17.2 Å². The highest BCUT2D eigenvalue weighted by Gasteiger charge is 2.14. The second kappa shape index (κ2) is 4.73. The number of aryl methyl sites for hydroxylation is 1. The molecule has 0 saturated carbocycles. The first-order chi connectivity index (χ1) is 9.24. The molecule has 0 radical (unpaired) electrons. The zero-order chi connectivity index (χ0) is 13.2. The number of primary amides is 1. The van der Waals surface area contributed by atoms with E-state index in [9.17, 15) is 4.79 Å². The lowest BCUT2D eigenvalue weighted by Gasteiger charge is -2.15. The van der Waals surface area contributed by atoms with Crippen LogP contribution in [0, 0.1) is 0 Å². The molecular weight excluding hydrogens is 234 g/mol. The normalized spacial score (nSPS) is 13.6. The van der Waals surface area contributed by atoms with Gasteiger partial charge < -0.3 is 5.73 Å². The van der Waals surface area contributed by atoms with Crippen molar-refractivity contribution < 1.29 is 4.79 Å². The van der Waals surface area contributed by atoms with Crippen LogP contribution in [0.1, 0.15) is 17.5 Å². The lowest BCUT2D eigenvalue weighted by Crippen LogP contribution is -2.16. The van der Waals surface area contributed by atoms with Crippen molar-refractivity contribution in [2.24, 2.45) is 5.73 Å². The van der Waals surface area contributed by atoms with Gasteiger partial charge in [-0.1, -0.05) is 42.5 Å². The van der Waals surface area contributed by atoms with Gasteiger partial charge in [-0.2, -0.15) is 0 Å². The van der Waals surface area contributed by atoms with Crippen molar-refractivity contribution in [1.82, 2.24) is 0 Å². The Balaban J connectivity index is 2.05. The van der Waals surface area contributed by atoms with E-state index in [0.29, 0.717) is 0 Å². The first-order valence-corrected chi connectivity index (χ1v) is 6.43. The summed E-state index contributed by atoms with van der Waals surface area (Å²) >= 11 is 0. The summed E-state index contributed by atoms with van der Waals surface area (Å²) in [6.45, 7) is 0. The molecule has 2 N–H and O–H groups in total. The van der Waals surface area contributed by atoms with E-state index in [2.05, 4.69) is 30.3 Å². The second-order valence-electron chi connectivity index (χ2n) is 4.81. The maximum atomic E-state index is 11.3. The van der Waals surface area contributed by atoms with Crippen LogP contribution in [-0.4, -0.2) is 5.91 Å². The highest BCUT2D eigenvalue weighted by molar-refractivity contribution is 5.97. The van der Waals surface area contributed by atoms with E-state index < -0.39 is 0 Å². The fraction of sp³-hybridized carbons (Fsp3) is 0.118. The molecule has 0 spiro atoms. The fourth-order valence-corrected chi connectivity index (χ4v) is 2.49. The average Bonchev–Trinajstić information content (AvgIpc) is 2.47. The largest absolute Gasteiger partial charge is 0.366 e. The third kappa shape index (κ3) is 2.29. The van der Waals surface area contributed by atoms with Crippen LogP contribution in [-0.2, 0) is 11.2 Å². The van der Waals surface area contributed by atoms with Crippen molar-refractivity contribution >= 4 is 12.0 Å². The maximum absolute atomic E-state index is 11.3. The molecule has 3 rings (SSSR count). The van der Waals surface area contributed by atoms with E-state index in [1.165, 1.54) is 16.7 Å². The minimum Gasteiger partial charge on any atom is -0.366 e. The number of amides is 1. The molecular formula is C17H15NO. The molecule has 19 heavy (non-hydrogen) atoms. The van der Waals surface area contributed by atoms with E-state index in [-0.39, 0.29) is 5.91 Å². The maximum Gasteiger partial charge on any atom is 0.244 e. The summed E-state index contributed by atoms with van der Waals surface area (Å²) in [5.74, 6) is -0.309. The molecule has 0 aromatic heterocycles. The SMILES string of the molecule is NC(=O)C1=Cc2cc(-c3ccccc3)ccc2CC1. The molecule has 0 bridgehead atoms. The first-order valence-electron chi connectivity index (χ1n) is 6.43. The van der Waals surface area contributed by atoms with Crippen LogP contribution in [0.2, 0.25) is 0 Å². The summed E-state index contributed by atoms with van der Waals surface area (Å²) in [5, 5.41) is 0. The van der Waals surface area contributed by atoms with Gasteiger partial charge in [0, 0.05) is 5.57 Å². The molecule has 0 atom stereocenters. The molecule has 0 aliphatic heterocycles. The standard InChI is InChI=1S/C17H15NO/c18-17(19)15-9-7-13-6-8-14(10-16(13)11-15)12-4-2-1-3-5-12/h1-6,8,10-11H,7,9H2,(H2,18,19). The van der Waals surface area contributed by atoms with Crippen molar-refractivity contribution in [3.05, 3.63) is 65.2 Å². The molecule has 1 amide bonds. The van der Waals surface area contributed by atoms with Crippen molar-refractivity contribution in [2.45, 2.75) is 12.8 Å². The first kappa shape index (κ1) is 11.7. The van der Waals surface area contributed by atoms with Gasteiger partial charge in [-0.25, -0.2) is 0 Å². The number of carbonyl (C=O) groups is 1. The van der Waals surface area contributed by atoms with Gasteiger partial charge in [0.1, 0.15) is 0 Å². The molecule has 0 heterocycles. The molecule has 0 unspecified atom stereocenters. The number of nitrogens with two attached hydrogens (primary N) is 1. The van der Waals surface area contributed by atoms with E-state index >= 15 is 0 Å². The van der Waals surface area contributed by atoms with E-state index in [0.717, 1.165) is 24.0 Å². The molecule has 2 aromatic rings. The highest BCUT2D eigenvalue weighted by Crippen LogP contribution is 2.28. The summed E-state index contributed by atoms with van der Waals surface area (Å²) in [7, 11) is 0. The van der Waals surface area contributed by atoms with Crippen LogP contribution >= 0.6 is 0 Å². The minimum absolute atomic E-state index is 0.309. The molecule has 94 valence electrons. The number of rotatable bonds is 2. The van der Waals surface area contributed by atoms with Gasteiger partial charge in [-0.3, -0.25) is 4.79 Å². The molecule has 2 aromatic carbocycles. The topological polar surface area (TPSA) is 43.1 Å². The van der Waals surface area contributed by atoms with Crippen molar-refractivity contribution in [2.75, 3.05) is 0 Å². The third-order valence-corrected chi connectivity index (χ3v) is 3.56. The monoisotopic (exact) mass is 249 g/mol. The Morgan fingerprint density at radius 1 is 0.947 bits per heavy atom. The number of benzene rings is 2. The van der Waals surface area contributed by atoms with Gasteiger partial charge >= 0.3 is 0 Å². The van der Waals surface area contributed by atoms with Gasteiger partial charge in [0.2, 0.25) is 5.91 Å². The van der Waals surface area contributed by atoms with Gasteiger partial charge in [-0.15, -0.1) is 0 Å². The summed E-state index contributed by atoms with van der Waals surface area (Å²) in [6.07, 6.45) is 3.56. The molecule has 0 fully saturated rings. The minimum atomic E-state index is -0.309. The smallest absolute Gasteiger partial charge is 0.244 e. The summed E-state index contributed by atoms with van der Waals surface area (Å²) in [4.78, 5) is 11.3. The van der Waals surface area contributed by atoms with Gasteiger partial charge in [0.05, 0.1) is 0 Å². The van der Waals surface area contributed by atoms with Crippen molar-refractivity contribution in [1.29, 1.82) is 0 Å². The quantitative estimate of drug-likeness (QED) is 0.872. The molecule has 2 heteroatoms. The van der Waals surface area contributed by atoms with Gasteiger partial charge in [0.25, 0.3) is 0 Å². The Kier molecular flexibility index (Phi) is 2.92. The number of carbonyl (C=O) groups excluding carboxylic acids is 1. The third-order valence-electron chi connectivity index (χ3n) is 3.56. The zero-order valence-electron chi connectivity index (χ0n) is 10.6. The lowest BCUT2D eigenvalue weighted by molar-refractivity contribution is -0.114. The Morgan fingerprint density at radius 2 is 1.74 bits per heavy atom. The predicted molar refractivity (Wildman–Crippen MR) is 77.4 cm³/mol. The Morgan fingerprint density at radius 3 is 2.47 bits per heavy atom. The van der Waals surface area contributed by atoms with E-state index in [4.69, 9.17) is 5.73 Å². The number of hydrogen-bond acceptors (Lipinski definition) is 1. The summed E-state index contributed by atoms with van der Waals surface area (Å²) < 4.78 is 0. The Bertz CT molecular complexity index is 656. The van der Waals surface area contributed by atoms with Crippen molar-refractivity contribution in [3.63, 3.8) is 0 Å². The highest BCUT2D eigenvalue weighted by atomic mass is 16.1. The van der Waals surface area contributed by atoms with Crippen LogP contribution in [0.5, 0.6) is 0 Å². The van der Waals surface area contributed by atoms with Gasteiger partial charge in [0.15, 0.2) is 0 Å². The van der Waals surface area contributed by atoms with E-state index in [1.807, 2.05) is 24.3 Å². The molecule has 1 aliphatic rings. The Labute approximate surface area is 112 Å². The zero-order valence-corrected chi connectivity index (χ0v) is 10.6. The fourth-order valence-electron chi connectivity index (χ4n) is 2.49. The average molecular weight is 249 g/mol. The second-order valence-corrected chi connectivity index (χ2v) is 4.81. The molecule has 0 saturated heterocycles. The number of hydrogen-bond donors (Lipinski definition) is 1. The van der Waals surface area contributed by atoms with Crippen LogP contribution in [0.4, 0.5) is 0 Å². The lowest BCUT2D eigenvalue weighted by atomic mass is 9.89. The molecule has 1 aliphatic carbocycles. The summed E-state index contributed by atoms with van der Waals surface area (Å²) in [5.41, 5.74) is 10.8. The molecule has 2 nitrogen and oxygen atoms in total. The summed E-state index contributed by atoms with van der Waals surface area (Å²) in [6, 6.07) is 16.6. The van der Waals surface area contributed by atoms with Gasteiger partial charge in [-0.05, 0) is 47.2 Å². The predicted octanol–water partition coefficient (Wildman–Crippen LogP) is 3.17. The van der Waals surface area contributed by atoms with Crippen LogP contribution < -0.4 is 5.73 Å². The van der Waals surface area contributed by atoms with Crippen LogP contribution in [0.15, 0.2) is 54.1 Å². The van der Waals surface area contributed by atoms with Crippen LogP contribution in [0.3, 0.4) is 0 Å². The number of fused-ring (bicyclic) bond motifs is 1.